The van der Waals surface area contributed by atoms with E-state index in [4.69, 9.17) is 0 Å². The molecule has 0 atom stereocenters. The van der Waals surface area contributed by atoms with Gasteiger partial charge < -0.3 is 4.90 Å². The van der Waals surface area contributed by atoms with Crippen LogP contribution in [-0.4, -0.2) is 29.6 Å². The number of carbonyl (C=O) groups is 1. The van der Waals surface area contributed by atoms with Gasteiger partial charge in [0.25, 0.3) is 0 Å². The molecule has 0 saturated heterocycles. The van der Waals surface area contributed by atoms with E-state index in [1.54, 1.807) is 0 Å². The van der Waals surface area contributed by atoms with Crippen LogP contribution in [0.4, 0.5) is 0 Å². The molecule has 0 amide bonds. The average Bonchev–Trinajstić information content (AvgIpc) is 2.79. The highest BCUT2D eigenvalue weighted by Crippen LogP contribution is 2.11. The molecule has 17 heavy (non-hydrogen) atoms. The molecule has 1 aromatic rings. The SMILES string of the molecule is CCCC(=O)C1=NCCN1Cc1ccccc1. The first-order chi connectivity index (χ1) is 8.31. The first-order valence-electron chi connectivity index (χ1n) is 6.17. The zero-order chi connectivity index (χ0) is 12.1. The standard InChI is InChI=1S/C14H18N2O/c1-2-6-13(17)14-15-9-10-16(14)11-12-7-4-3-5-8-12/h3-5,7-8H,2,6,9-11H2,1H3. The quantitative estimate of drug-likeness (QED) is 0.777. The predicted molar refractivity (Wildman–Crippen MR) is 69.1 cm³/mol. The summed E-state index contributed by atoms with van der Waals surface area (Å²) in [6, 6.07) is 10.2. The molecule has 1 aliphatic rings. The third-order valence-electron chi connectivity index (χ3n) is 2.87. The number of hydrogen-bond acceptors (Lipinski definition) is 3. The molecule has 0 radical (unpaired) electrons. The molecule has 90 valence electrons. The second-order valence-corrected chi connectivity index (χ2v) is 4.29. The zero-order valence-corrected chi connectivity index (χ0v) is 10.2. The molecule has 0 saturated carbocycles. The third-order valence-corrected chi connectivity index (χ3v) is 2.87. The van der Waals surface area contributed by atoms with Crippen molar-refractivity contribution in [3.05, 3.63) is 35.9 Å². The lowest BCUT2D eigenvalue weighted by Gasteiger charge is -2.19. The van der Waals surface area contributed by atoms with Gasteiger partial charge in [-0.3, -0.25) is 9.79 Å². The van der Waals surface area contributed by atoms with Crippen LogP contribution in [-0.2, 0) is 11.3 Å². The molecular formula is C14H18N2O. The summed E-state index contributed by atoms with van der Waals surface area (Å²) >= 11 is 0. The van der Waals surface area contributed by atoms with Crippen molar-refractivity contribution in [2.45, 2.75) is 26.3 Å². The van der Waals surface area contributed by atoms with Gasteiger partial charge in [-0.05, 0) is 12.0 Å². The Morgan fingerprint density at radius 3 is 2.82 bits per heavy atom. The fourth-order valence-corrected chi connectivity index (χ4v) is 2.04. The number of Topliss-reactive ketones (excluding diaryl/α,β-unsaturated/α-hetero) is 1. The number of aliphatic imine (C=N–C) groups is 1. The summed E-state index contributed by atoms with van der Waals surface area (Å²) in [5.41, 5.74) is 1.23. The maximum absolute atomic E-state index is 11.9. The minimum atomic E-state index is 0.181. The number of benzene rings is 1. The molecule has 0 aromatic heterocycles. The molecule has 0 fully saturated rings. The molecule has 1 heterocycles. The van der Waals surface area contributed by atoms with Crippen LogP contribution in [0.5, 0.6) is 0 Å². The largest absolute Gasteiger partial charge is 0.348 e. The molecule has 0 N–H and O–H groups in total. The van der Waals surface area contributed by atoms with E-state index < -0.39 is 0 Å². The van der Waals surface area contributed by atoms with Crippen molar-refractivity contribution in [1.82, 2.24) is 4.90 Å². The second kappa shape index (κ2) is 5.62. The van der Waals surface area contributed by atoms with E-state index in [2.05, 4.69) is 22.0 Å². The summed E-state index contributed by atoms with van der Waals surface area (Å²) in [5, 5.41) is 0. The topological polar surface area (TPSA) is 32.7 Å². The molecule has 1 aliphatic heterocycles. The summed E-state index contributed by atoms with van der Waals surface area (Å²) in [5.74, 6) is 0.858. The Hall–Kier alpha value is -1.64. The third kappa shape index (κ3) is 2.93. The summed E-state index contributed by atoms with van der Waals surface area (Å²) in [6.07, 6.45) is 1.49. The summed E-state index contributed by atoms with van der Waals surface area (Å²) < 4.78 is 0. The maximum Gasteiger partial charge on any atom is 0.197 e. The highest BCUT2D eigenvalue weighted by molar-refractivity contribution is 6.39. The first kappa shape index (κ1) is 11.8. The van der Waals surface area contributed by atoms with Gasteiger partial charge in [0, 0.05) is 19.5 Å². The number of hydrogen-bond donors (Lipinski definition) is 0. The molecular weight excluding hydrogens is 212 g/mol. The van der Waals surface area contributed by atoms with Crippen molar-refractivity contribution in [3.63, 3.8) is 0 Å². The van der Waals surface area contributed by atoms with Gasteiger partial charge in [0.1, 0.15) is 0 Å². The number of rotatable bonds is 5. The van der Waals surface area contributed by atoms with E-state index in [1.165, 1.54) is 5.56 Å². The van der Waals surface area contributed by atoms with E-state index >= 15 is 0 Å². The van der Waals surface area contributed by atoms with E-state index in [-0.39, 0.29) is 5.78 Å². The number of amidine groups is 1. The van der Waals surface area contributed by atoms with Gasteiger partial charge in [0.2, 0.25) is 0 Å². The molecule has 0 aliphatic carbocycles. The lowest BCUT2D eigenvalue weighted by atomic mass is 10.2. The highest BCUT2D eigenvalue weighted by atomic mass is 16.1. The Kier molecular flexibility index (Phi) is 3.91. The zero-order valence-electron chi connectivity index (χ0n) is 10.2. The first-order valence-corrected chi connectivity index (χ1v) is 6.17. The van der Waals surface area contributed by atoms with Gasteiger partial charge in [-0.25, -0.2) is 0 Å². The fourth-order valence-electron chi connectivity index (χ4n) is 2.04. The Balaban J connectivity index is 2.02. The van der Waals surface area contributed by atoms with Crippen molar-refractivity contribution in [2.75, 3.05) is 13.1 Å². The molecule has 2 rings (SSSR count). The van der Waals surface area contributed by atoms with E-state index in [0.717, 1.165) is 26.1 Å². The number of carbonyl (C=O) groups excluding carboxylic acids is 1. The molecule has 3 nitrogen and oxygen atoms in total. The minimum Gasteiger partial charge on any atom is -0.348 e. The lowest BCUT2D eigenvalue weighted by Crippen LogP contribution is -2.32. The second-order valence-electron chi connectivity index (χ2n) is 4.29. The van der Waals surface area contributed by atoms with Crippen molar-refractivity contribution in [1.29, 1.82) is 0 Å². The Morgan fingerprint density at radius 1 is 1.35 bits per heavy atom. The lowest BCUT2D eigenvalue weighted by molar-refractivity contribution is -0.113. The Bertz CT molecular complexity index is 411. The highest BCUT2D eigenvalue weighted by Gasteiger charge is 2.22. The maximum atomic E-state index is 11.9. The summed E-state index contributed by atoms with van der Waals surface area (Å²) in [7, 11) is 0. The van der Waals surface area contributed by atoms with Crippen LogP contribution in [0.3, 0.4) is 0 Å². The van der Waals surface area contributed by atoms with Crippen LogP contribution in [0, 0.1) is 0 Å². The summed E-state index contributed by atoms with van der Waals surface area (Å²) in [4.78, 5) is 18.3. The monoisotopic (exact) mass is 230 g/mol. The number of nitrogens with zero attached hydrogens (tertiary/aromatic N) is 2. The predicted octanol–water partition coefficient (Wildman–Crippen LogP) is 2.27. The van der Waals surface area contributed by atoms with Crippen LogP contribution in [0.2, 0.25) is 0 Å². The smallest absolute Gasteiger partial charge is 0.197 e. The molecule has 3 heteroatoms. The molecule has 0 spiro atoms. The van der Waals surface area contributed by atoms with Crippen molar-refractivity contribution < 1.29 is 4.79 Å². The van der Waals surface area contributed by atoms with Gasteiger partial charge in [0.15, 0.2) is 11.6 Å². The van der Waals surface area contributed by atoms with E-state index in [1.807, 2.05) is 25.1 Å². The van der Waals surface area contributed by atoms with E-state index in [0.29, 0.717) is 12.3 Å². The number of ketones is 1. The Labute approximate surface area is 102 Å². The van der Waals surface area contributed by atoms with Crippen molar-refractivity contribution in [2.24, 2.45) is 4.99 Å². The van der Waals surface area contributed by atoms with Gasteiger partial charge in [-0.1, -0.05) is 37.3 Å². The van der Waals surface area contributed by atoms with Gasteiger partial charge in [-0.15, -0.1) is 0 Å². The van der Waals surface area contributed by atoms with E-state index in [9.17, 15) is 4.79 Å². The van der Waals surface area contributed by atoms with Crippen LogP contribution in [0.15, 0.2) is 35.3 Å². The van der Waals surface area contributed by atoms with Crippen molar-refractivity contribution >= 4 is 11.6 Å². The van der Waals surface area contributed by atoms with Crippen LogP contribution in [0.25, 0.3) is 0 Å². The normalized spacial score (nSPS) is 14.9. The van der Waals surface area contributed by atoms with Crippen LogP contribution in [0.1, 0.15) is 25.3 Å². The van der Waals surface area contributed by atoms with Gasteiger partial charge in [-0.2, -0.15) is 0 Å². The summed E-state index contributed by atoms with van der Waals surface area (Å²) in [6.45, 7) is 4.42. The minimum absolute atomic E-state index is 0.181. The average molecular weight is 230 g/mol. The molecule has 0 bridgehead atoms. The van der Waals surface area contributed by atoms with Gasteiger partial charge >= 0.3 is 0 Å². The molecule has 0 unspecified atom stereocenters. The van der Waals surface area contributed by atoms with Gasteiger partial charge in [0.05, 0.1) is 6.54 Å². The van der Waals surface area contributed by atoms with Crippen LogP contribution >= 0.6 is 0 Å². The fraction of sp³-hybridized carbons (Fsp3) is 0.429. The van der Waals surface area contributed by atoms with Crippen molar-refractivity contribution in [3.8, 4) is 0 Å². The molecule has 1 aromatic carbocycles. The Morgan fingerprint density at radius 2 is 2.12 bits per heavy atom. The van der Waals surface area contributed by atoms with Crippen LogP contribution < -0.4 is 0 Å².